The normalized spacial score (nSPS) is 11.0. The number of rotatable bonds is 7. The lowest BCUT2D eigenvalue weighted by atomic mass is 10.1. The van der Waals surface area contributed by atoms with Crippen molar-refractivity contribution >= 4 is 16.6 Å². The third-order valence-electron chi connectivity index (χ3n) is 5.09. The molecule has 0 atom stereocenters. The quantitative estimate of drug-likeness (QED) is 0.447. The first-order valence-electron chi connectivity index (χ1n) is 9.77. The Balaban J connectivity index is 1.34. The van der Waals surface area contributed by atoms with Gasteiger partial charge in [-0.15, -0.1) is 0 Å². The second kappa shape index (κ2) is 8.31. The number of hydrogen-bond acceptors (Lipinski definition) is 2. The summed E-state index contributed by atoms with van der Waals surface area (Å²) < 4.78 is 13.3. The highest BCUT2D eigenvalue weighted by Crippen LogP contribution is 2.20. The number of benzene rings is 2. The van der Waals surface area contributed by atoms with Crippen molar-refractivity contribution < 1.29 is 4.39 Å². The summed E-state index contributed by atoms with van der Waals surface area (Å²) in [4.78, 5) is 7.84. The van der Waals surface area contributed by atoms with Gasteiger partial charge in [0.1, 0.15) is 5.82 Å². The molecule has 4 heteroatoms. The highest BCUT2D eigenvalue weighted by atomic mass is 19.1. The van der Waals surface area contributed by atoms with Crippen LogP contribution in [0.25, 0.3) is 16.6 Å². The van der Waals surface area contributed by atoms with Crippen LogP contribution in [-0.2, 0) is 12.8 Å². The Bertz CT molecular complexity index is 1140. The van der Waals surface area contributed by atoms with Crippen molar-refractivity contribution in [2.45, 2.75) is 19.8 Å². The van der Waals surface area contributed by atoms with Gasteiger partial charge in [-0.1, -0.05) is 36.4 Å². The molecule has 0 unspecified atom stereocenters. The number of aryl methyl sites for hydroxylation is 1. The minimum Gasteiger partial charge on any atom is -0.383 e. The fraction of sp³-hybridized carbons (Fsp3) is 0.160. The molecule has 4 aromatic rings. The summed E-state index contributed by atoms with van der Waals surface area (Å²) in [6.07, 6.45) is 5.47. The zero-order valence-electron chi connectivity index (χ0n) is 16.5. The van der Waals surface area contributed by atoms with E-state index in [1.807, 2.05) is 24.4 Å². The molecule has 0 saturated carbocycles. The van der Waals surface area contributed by atoms with E-state index in [-0.39, 0.29) is 5.82 Å². The van der Waals surface area contributed by atoms with E-state index in [0.29, 0.717) is 6.42 Å². The predicted molar refractivity (Wildman–Crippen MR) is 117 cm³/mol. The van der Waals surface area contributed by atoms with Gasteiger partial charge in [0, 0.05) is 29.8 Å². The molecule has 0 amide bonds. The maximum Gasteiger partial charge on any atom is 0.123 e. The summed E-state index contributed by atoms with van der Waals surface area (Å²) in [5.41, 5.74) is 7.33. The van der Waals surface area contributed by atoms with E-state index in [2.05, 4.69) is 53.2 Å². The minimum atomic E-state index is -0.213. The van der Waals surface area contributed by atoms with E-state index in [9.17, 15) is 4.39 Å². The molecule has 2 aromatic carbocycles. The van der Waals surface area contributed by atoms with E-state index in [4.69, 9.17) is 0 Å². The average molecular weight is 385 g/mol. The number of H-pyrrole nitrogens is 1. The van der Waals surface area contributed by atoms with Crippen LogP contribution in [0, 0.1) is 12.7 Å². The van der Waals surface area contributed by atoms with Gasteiger partial charge in [0.15, 0.2) is 0 Å². The number of pyridine rings is 1. The summed E-state index contributed by atoms with van der Waals surface area (Å²) in [6, 6.07) is 17.1. The van der Waals surface area contributed by atoms with Crippen LogP contribution in [0.3, 0.4) is 0 Å². The number of aromatic amines is 1. The Hall–Kier alpha value is -3.40. The lowest BCUT2D eigenvalue weighted by molar-refractivity contribution is 0.626. The third kappa shape index (κ3) is 4.54. The first-order chi connectivity index (χ1) is 14.1. The highest BCUT2D eigenvalue weighted by molar-refractivity contribution is 5.83. The number of hydrogen-bond donors (Lipinski definition) is 2. The molecule has 2 aromatic heterocycles. The Morgan fingerprint density at radius 2 is 2.00 bits per heavy atom. The zero-order valence-corrected chi connectivity index (χ0v) is 16.5. The van der Waals surface area contributed by atoms with E-state index in [1.54, 1.807) is 12.1 Å². The van der Waals surface area contributed by atoms with Gasteiger partial charge in [-0.05, 0) is 66.8 Å². The Morgan fingerprint density at radius 3 is 2.79 bits per heavy atom. The highest BCUT2D eigenvalue weighted by Gasteiger charge is 2.06. The molecule has 0 aliphatic carbocycles. The summed E-state index contributed by atoms with van der Waals surface area (Å²) >= 11 is 0. The fourth-order valence-corrected chi connectivity index (χ4v) is 3.53. The van der Waals surface area contributed by atoms with E-state index in [1.165, 1.54) is 28.1 Å². The molecule has 0 spiro atoms. The van der Waals surface area contributed by atoms with Gasteiger partial charge in [0.2, 0.25) is 0 Å². The molecule has 2 N–H and O–H groups in total. The van der Waals surface area contributed by atoms with Crippen LogP contribution in [0.2, 0.25) is 0 Å². The number of nitrogens with zero attached hydrogens (tertiary/aromatic N) is 1. The summed E-state index contributed by atoms with van der Waals surface area (Å²) in [5.74, 6) is -0.213. The van der Waals surface area contributed by atoms with Crippen molar-refractivity contribution in [2.24, 2.45) is 0 Å². The van der Waals surface area contributed by atoms with Crippen LogP contribution < -0.4 is 5.32 Å². The van der Waals surface area contributed by atoms with Crippen LogP contribution in [-0.4, -0.2) is 16.5 Å². The Kier molecular flexibility index (Phi) is 5.43. The van der Waals surface area contributed by atoms with Crippen LogP contribution >= 0.6 is 0 Å². The second-order valence-corrected chi connectivity index (χ2v) is 7.38. The SMILES string of the molecule is C=C(NCCc1c[nH]c2ccc(C)cc12)c1ccc(Cc2cccc(F)c2)cn1. The minimum absolute atomic E-state index is 0.213. The van der Waals surface area contributed by atoms with Gasteiger partial charge in [-0.25, -0.2) is 4.39 Å². The molecular formula is C25H24FN3. The Morgan fingerprint density at radius 1 is 1.10 bits per heavy atom. The third-order valence-corrected chi connectivity index (χ3v) is 5.09. The van der Waals surface area contributed by atoms with Gasteiger partial charge in [-0.2, -0.15) is 0 Å². The lowest BCUT2D eigenvalue weighted by Crippen LogP contribution is -2.15. The lowest BCUT2D eigenvalue weighted by Gasteiger charge is -2.10. The van der Waals surface area contributed by atoms with Gasteiger partial charge >= 0.3 is 0 Å². The summed E-state index contributed by atoms with van der Waals surface area (Å²) in [7, 11) is 0. The molecule has 0 aliphatic rings. The fourth-order valence-electron chi connectivity index (χ4n) is 3.53. The van der Waals surface area contributed by atoms with Crippen molar-refractivity contribution in [2.75, 3.05) is 6.54 Å². The molecule has 0 aliphatic heterocycles. The van der Waals surface area contributed by atoms with Gasteiger partial charge in [0.25, 0.3) is 0 Å². The van der Waals surface area contributed by atoms with E-state index >= 15 is 0 Å². The molecule has 0 saturated heterocycles. The van der Waals surface area contributed by atoms with E-state index in [0.717, 1.165) is 35.5 Å². The van der Waals surface area contributed by atoms with E-state index < -0.39 is 0 Å². The Labute approximate surface area is 170 Å². The van der Waals surface area contributed by atoms with Gasteiger partial charge in [0.05, 0.1) is 11.4 Å². The standard InChI is InChI=1S/C25H24FN3/c1-17-6-8-25-23(12-17)21(16-29-25)10-11-27-18(2)24-9-7-20(15-28-24)13-19-4-3-5-22(26)14-19/h3-9,12,14-16,27,29H,2,10-11,13H2,1H3. The zero-order chi connectivity index (χ0) is 20.2. The largest absolute Gasteiger partial charge is 0.383 e. The first kappa shape index (κ1) is 18.9. The van der Waals surface area contributed by atoms with Crippen molar-refractivity contribution in [1.29, 1.82) is 0 Å². The molecule has 0 radical (unpaired) electrons. The van der Waals surface area contributed by atoms with Gasteiger partial charge < -0.3 is 10.3 Å². The second-order valence-electron chi connectivity index (χ2n) is 7.38. The predicted octanol–water partition coefficient (Wildman–Crippen LogP) is 5.40. The molecule has 146 valence electrons. The van der Waals surface area contributed by atoms with Crippen molar-refractivity contribution in [3.63, 3.8) is 0 Å². The average Bonchev–Trinajstić information content (AvgIpc) is 3.10. The smallest absolute Gasteiger partial charge is 0.123 e. The summed E-state index contributed by atoms with van der Waals surface area (Å²) in [6.45, 7) is 7.01. The molecule has 29 heavy (non-hydrogen) atoms. The first-order valence-corrected chi connectivity index (χ1v) is 9.77. The molecule has 0 bridgehead atoms. The topological polar surface area (TPSA) is 40.7 Å². The van der Waals surface area contributed by atoms with Crippen LogP contribution in [0.5, 0.6) is 0 Å². The molecule has 2 heterocycles. The maximum atomic E-state index is 13.3. The molecule has 4 rings (SSSR count). The van der Waals surface area contributed by atoms with Crippen LogP contribution in [0.15, 0.2) is 73.6 Å². The molecule has 0 fully saturated rings. The molecule has 3 nitrogen and oxygen atoms in total. The van der Waals surface area contributed by atoms with Crippen molar-refractivity contribution in [3.05, 3.63) is 107 Å². The number of halogens is 1. The maximum absolute atomic E-state index is 13.3. The van der Waals surface area contributed by atoms with Crippen LogP contribution in [0.4, 0.5) is 4.39 Å². The van der Waals surface area contributed by atoms with Crippen LogP contribution in [0.1, 0.15) is 27.9 Å². The number of fused-ring (bicyclic) bond motifs is 1. The number of aromatic nitrogens is 2. The summed E-state index contributed by atoms with van der Waals surface area (Å²) in [5, 5.41) is 4.65. The van der Waals surface area contributed by atoms with Crippen molar-refractivity contribution in [1.82, 2.24) is 15.3 Å². The van der Waals surface area contributed by atoms with Crippen molar-refractivity contribution in [3.8, 4) is 0 Å². The number of nitrogens with one attached hydrogen (secondary N) is 2. The van der Waals surface area contributed by atoms with Gasteiger partial charge in [-0.3, -0.25) is 4.98 Å². The monoisotopic (exact) mass is 385 g/mol. The molecular weight excluding hydrogens is 361 g/mol.